The molecule has 3 unspecified atom stereocenters. The molecular weight excluding hydrogens is 960 g/mol. The van der Waals surface area contributed by atoms with Crippen LogP contribution in [0.1, 0.15) is 296 Å². The molecule has 0 rings (SSSR count). The lowest BCUT2D eigenvalue weighted by atomic mass is 10.0. The number of allylic oxidation sites excluding steroid dienone is 12. The van der Waals surface area contributed by atoms with Crippen LogP contribution in [0.25, 0.3) is 0 Å². The first-order chi connectivity index (χ1) is 37.0. The van der Waals surface area contributed by atoms with E-state index in [9.17, 15) is 19.4 Å². The van der Waals surface area contributed by atoms with E-state index in [4.69, 9.17) is 9.05 Å². The Morgan fingerprint density at radius 2 is 0.789 bits per heavy atom. The number of phosphoric ester groups is 1. The molecule has 8 nitrogen and oxygen atoms in total. The van der Waals surface area contributed by atoms with Crippen LogP contribution in [0.5, 0.6) is 0 Å². The number of carbonyl (C=O) groups is 1. The van der Waals surface area contributed by atoms with Crippen molar-refractivity contribution in [2.45, 2.75) is 309 Å². The number of nitrogens with zero attached hydrogens (tertiary/aromatic N) is 1. The van der Waals surface area contributed by atoms with Crippen LogP contribution in [-0.2, 0) is 18.4 Å². The molecule has 0 aromatic rings. The number of unbranched alkanes of at least 4 members (excludes halogenated alkanes) is 34. The highest BCUT2D eigenvalue weighted by Gasteiger charge is 2.28. The van der Waals surface area contributed by atoms with Crippen molar-refractivity contribution >= 4 is 13.7 Å². The summed E-state index contributed by atoms with van der Waals surface area (Å²) in [5.74, 6) is -0.141. The maximum absolute atomic E-state index is 13.0. The second kappa shape index (κ2) is 57.6. The lowest BCUT2D eigenvalue weighted by Crippen LogP contribution is -2.46. The first-order valence-corrected chi connectivity index (χ1v) is 33.8. The number of nitrogens with one attached hydrogen (secondary N) is 1. The molecule has 0 bridgehead atoms. The fourth-order valence-electron chi connectivity index (χ4n) is 9.47. The van der Waals surface area contributed by atoms with Gasteiger partial charge in [-0.1, -0.05) is 299 Å². The first-order valence-electron chi connectivity index (χ1n) is 32.3. The number of hydrogen-bond acceptors (Lipinski definition) is 5. The highest BCUT2D eigenvalue weighted by atomic mass is 31.2. The first kappa shape index (κ1) is 73.9. The topological polar surface area (TPSA) is 105 Å². The molecule has 1 amide bonds. The summed E-state index contributed by atoms with van der Waals surface area (Å²) in [7, 11) is 1.62. The summed E-state index contributed by atoms with van der Waals surface area (Å²) in [6, 6.07) is -0.761. The van der Waals surface area contributed by atoms with Gasteiger partial charge in [0.15, 0.2) is 0 Å². The van der Waals surface area contributed by atoms with E-state index in [1.165, 1.54) is 193 Å². The Morgan fingerprint density at radius 3 is 1.16 bits per heavy atom. The van der Waals surface area contributed by atoms with Gasteiger partial charge in [0.2, 0.25) is 5.91 Å². The molecule has 0 aliphatic heterocycles. The molecule has 0 aliphatic rings. The van der Waals surface area contributed by atoms with E-state index in [1.807, 2.05) is 21.1 Å². The number of aliphatic hydroxyl groups is 1. The lowest BCUT2D eigenvalue weighted by molar-refractivity contribution is -0.870. The smallest absolute Gasteiger partial charge is 0.391 e. The SMILES string of the molecule is CC/C=C\C/C=C\C/C=C\C/C=C\C/C=C\C/C=C\CCCCCCCCCCCCCCCCCCCCCCC(=O)NC(COP(=O)(O)OCC[N+](C)(C)C)C(O)CCCCCCCCCCCCCCCCC. The van der Waals surface area contributed by atoms with E-state index >= 15 is 0 Å². The Balaban J connectivity index is 3.93. The van der Waals surface area contributed by atoms with Crippen LogP contribution in [0.4, 0.5) is 0 Å². The van der Waals surface area contributed by atoms with Gasteiger partial charge in [0.25, 0.3) is 0 Å². The molecule has 0 heterocycles. The van der Waals surface area contributed by atoms with Crippen molar-refractivity contribution in [3.05, 3.63) is 72.9 Å². The third kappa shape index (κ3) is 59.6. The molecule has 9 heteroatoms. The molecule has 0 fully saturated rings. The number of quaternary nitrogens is 1. The molecular formula is C67H126N2O6P+. The molecule has 0 aromatic carbocycles. The summed E-state index contributed by atoms with van der Waals surface area (Å²) in [6.45, 7) is 4.80. The zero-order valence-electron chi connectivity index (χ0n) is 50.7. The molecule has 3 atom stereocenters. The van der Waals surface area contributed by atoms with Crippen LogP contribution < -0.4 is 5.32 Å². The van der Waals surface area contributed by atoms with Crippen molar-refractivity contribution in [3.63, 3.8) is 0 Å². The summed E-state index contributed by atoms with van der Waals surface area (Å²) < 4.78 is 23.8. The number of aliphatic hydroxyl groups excluding tert-OH is 1. The fraction of sp³-hybridized carbons (Fsp3) is 0.806. The van der Waals surface area contributed by atoms with Gasteiger partial charge in [-0.05, 0) is 64.2 Å². The third-order valence-corrected chi connectivity index (χ3v) is 15.5. The van der Waals surface area contributed by atoms with Crippen LogP contribution in [0.15, 0.2) is 72.9 Å². The molecule has 0 aliphatic carbocycles. The summed E-state index contributed by atoms with van der Waals surface area (Å²) in [5, 5.41) is 14.1. The van der Waals surface area contributed by atoms with Gasteiger partial charge in [-0.25, -0.2) is 4.57 Å². The second-order valence-electron chi connectivity index (χ2n) is 23.1. The van der Waals surface area contributed by atoms with Crippen molar-refractivity contribution < 1.29 is 32.9 Å². The summed E-state index contributed by atoms with van der Waals surface area (Å²) in [5.41, 5.74) is 0. The van der Waals surface area contributed by atoms with Crippen LogP contribution in [-0.4, -0.2) is 73.4 Å². The van der Waals surface area contributed by atoms with Crippen molar-refractivity contribution in [1.29, 1.82) is 0 Å². The predicted octanol–water partition coefficient (Wildman–Crippen LogP) is 20.2. The minimum absolute atomic E-state index is 0.0750. The molecule has 444 valence electrons. The van der Waals surface area contributed by atoms with E-state index in [0.717, 1.165) is 77.0 Å². The van der Waals surface area contributed by atoms with Crippen molar-refractivity contribution in [2.24, 2.45) is 0 Å². The average Bonchev–Trinajstić information content (AvgIpc) is 3.38. The highest BCUT2D eigenvalue weighted by Crippen LogP contribution is 2.43. The molecule has 76 heavy (non-hydrogen) atoms. The van der Waals surface area contributed by atoms with Crippen LogP contribution in [0.3, 0.4) is 0 Å². The van der Waals surface area contributed by atoms with Gasteiger partial charge in [0.1, 0.15) is 13.2 Å². The Bertz CT molecular complexity index is 1470. The van der Waals surface area contributed by atoms with E-state index in [2.05, 4.69) is 92.1 Å². The van der Waals surface area contributed by atoms with Crippen LogP contribution in [0.2, 0.25) is 0 Å². The maximum atomic E-state index is 13.0. The molecule has 0 saturated carbocycles. The van der Waals surface area contributed by atoms with Crippen LogP contribution >= 0.6 is 7.82 Å². The number of phosphoric acid groups is 1. The van der Waals surface area contributed by atoms with Gasteiger partial charge in [-0.15, -0.1) is 0 Å². The number of likely N-dealkylation sites (N-methyl/N-ethyl adjacent to an activating group) is 1. The quantitative estimate of drug-likeness (QED) is 0.0243. The average molecular weight is 1090 g/mol. The van der Waals surface area contributed by atoms with Crippen molar-refractivity contribution in [3.8, 4) is 0 Å². The monoisotopic (exact) mass is 1090 g/mol. The Labute approximate surface area is 472 Å². The molecule has 0 saturated heterocycles. The predicted molar refractivity (Wildman–Crippen MR) is 332 cm³/mol. The van der Waals surface area contributed by atoms with E-state index in [1.54, 1.807) is 0 Å². The highest BCUT2D eigenvalue weighted by molar-refractivity contribution is 7.47. The van der Waals surface area contributed by atoms with Gasteiger partial charge in [-0.2, -0.15) is 0 Å². The number of rotatable bonds is 59. The van der Waals surface area contributed by atoms with E-state index in [-0.39, 0.29) is 19.1 Å². The zero-order valence-corrected chi connectivity index (χ0v) is 51.6. The fourth-order valence-corrected chi connectivity index (χ4v) is 10.2. The Morgan fingerprint density at radius 1 is 0.461 bits per heavy atom. The van der Waals surface area contributed by atoms with Gasteiger partial charge in [0, 0.05) is 6.42 Å². The van der Waals surface area contributed by atoms with Crippen LogP contribution in [0, 0.1) is 0 Å². The van der Waals surface area contributed by atoms with E-state index in [0.29, 0.717) is 23.9 Å². The minimum Gasteiger partial charge on any atom is -0.391 e. The zero-order chi connectivity index (χ0) is 55.6. The molecule has 3 N–H and O–H groups in total. The molecule has 0 radical (unpaired) electrons. The minimum atomic E-state index is -4.32. The summed E-state index contributed by atoms with van der Waals surface area (Å²) in [6.07, 6.45) is 79.9. The Hall–Kier alpha value is -2.06. The third-order valence-electron chi connectivity index (χ3n) is 14.5. The van der Waals surface area contributed by atoms with Gasteiger partial charge in [-0.3, -0.25) is 13.8 Å². The van der Waals surface area contributed by atoms with Gasteiger partial charge in [0.05, 0.1) is 39.9 Å². The van der Waals surface area contributed by atoms with Gasteiger partial charge >= 0.3 is 7.82 Å². The summed E-state index contributed by atoms with van der Waals surface area (Å²) in [4.78, 5) is 23.4. The Kier molecular flexibility index (Phi) is 56.1. The number of hydrogen-bond donors (Lipinski definition) is 3. The normalized spacial score (nSPS) is 14.2. The standard InChI is InChI=1S/C67H125N2O6P/c1-6-8-10-12-14-16-18-20-22-23-24-25-26-27-28-29-30-31-32-33-34-35-36-37-38-39-40-41-42-43-44-45-47-49-51-53-55-57-59-61-67(71)68-65(64-75-76(72,73)74-63-62-69(3,4)5)66(70)60-58-56-54-52-50-48-46-21-19-17-15-13-11-9-7-2/h8,10,14,16,20,22,24-25,27-28,30-31,65-66,70H,6-7,9,11-13,15,17-19,21,23,26,29,32-64H2,1-5H3,(H-,68,71,72,73)/p+1/b10-8-,16-14-,22-20-,25-24-,28-27-,31-30-. The molecule has 0 spiro atoms. The van der Waals surface area contributed by atoms with Gasteiger partial charge < -0.3 is 19.8 Å². The lowest BCUT2D eigenvalue weighted by Gasteiger charge is -2.26. The largest absolute Gasteiger partial charge is 0.472 e. The maximum Gasteiger partial charge on any atom is 0.472 e. The van der Waals surface area contributed by atoms with Crippen molar-refractivity contribution in [2.75, 3.05) is 40.9 Å². The van der Waals surface area contributed by atoms with E-state index < -0.39 is 20.0 Å². The molecule has 0 aromatic heterocycles. The summed E-state index contributed by atoms with van der Waals surface area (Å²) >= 11 is 0. The second-order valence-corrected chi connectivity index (χ2v) is 24.6. The van der Waals surface area contributed by atoms with Crippen molar-refractivity contribution in [1.82, 2.24) is 5.32 Å². The number of amides is 1. The number of carbonyl (C=O) groups excluding carboxylic acids is 1.